The SMILES string of the molecule is Cc1nc(NCCCCCCl)sc1C. The molecule has 14 heavy (non-hydrogen) atoms. The van der Waals surface area contributed by atoms with E-state index in [1.54, 1.807) is 11.3 Å². The number of nitrogens with zero attached hydrogens (tertiary/aromatic N) is 1. The van der Waals surface area contributed by atoms with Crippen molar-refractivity contribution in [2.24, 2.45) is 0 Å². The molecule has 0 amide bonds. The van der Waals surface area contributed by atoms with Crippen LogP contribution in [0.25, 0.3) is 0 Å². The van der Waals surface area contributed by atoms with Crippen LogP contribution in [0.1, 0.15) is 29.8 Å². The zero-order valence-electron chi connectivity index (χ0n) is 8.77. The predicted octanol–water partition coefficient (Wildman–Crippen LogP) is 3.58. The molecule has 0 unspecified atom stereocenters. The van der Waals surface area contributed by atoms with Gasteiger partial charge in [0, 0.05) is 17.3 Å². The normalized spacial score (nSPS) is 10.5. The number of rotatable bonds is 6. The van der Waals surface area contributed by atoms with Crippen LogP contribution in [-0.2, 0) is 0 Å². The molecule has 0 bridgehead atoms. The molecular formula is C10H17ClN2S. The van der Waals surface area contributed by atoms with Crippen LogP contribution in [0.2, 0.25) is 0 Å². The fourth-order valence-electron chi connectivity index (χ4n) is 1.14. The Bertz CT molecular complexity index is 254. The monoisotopic (exact) mass is 232 g/mol. The Labute approximate surface area is 94.7 Å². The van der Waals surface area contributed by atoms with E-state index in [9.17, 15) is 0 Å². The van der Waals surface area contributed by atoms with Crippen LogP contribution in [0.4, 0.5) is 5.13 Å². The smallest absolute Gasteiger partial charge is 0.183 e. The number of nitrogens with one attached hydrogen (secondary N) is 1. The average Bonchev–Trinajstić information content (AvgIpc) is 2.46. The zero-order valence-corrected chi connectivity index (χ0v) is 10.3. The maximum absolute atomic E-state index is 5.59. The van der Waals surface area contributed by atoms with E-state index >= 15 is 0 Å². The third-order valence-corrected chi connectivity index (χ3v) is 3.41. The van der Waals surface area contributed by atoms with E-state index in [4.69, 9.17) is 11.6 Å². The molecule has 0 aromatic carbocycles. The number of hydrogen-bond donors (Lipinski definition) is 1. The highest BCUT2D eigenvalue weighted by molar-refractivity contribution is 7.15. The van der Waals surface area contributed by atoms with Gasteiger partial charge in [-0.15, -0.1) is 22.9 Å². The van der Waals surface area contributed by atoms with Gasteiger partial charge in [0.15, 0.2) is 5.13 Å². The van der Waals surface area contributed by atoms with Crippen LogP contribution < -0.4 is 5.32 Å². The molecule has 1 aromatic rings. The highest BCUT2D eigenvalue weighted by Gasteiger charge is 2.01. The number of thiazole rings is 1. The Morgan fingerprint density at radius 2 is 2.07 bits per heavy atom. The summed E-state index contributed by atoms with van der Waals surface area (Å²) in [7, 11) is 0. The summed E-state index contributed by atoms with van der Waals surface area (Å²) < 4.78 is 0. The van der Waals surface area contributed by atoms with E-state index in [0.29, 0.717) is 0 Å². The molecule has 1 N–H and O–H groups in total. The van der Waals surface area contributed by atoms with Crippen LogP contribution in [0.5, 0.6) is 0 Å². The van der Waals surface area contributed by atoms with Gasteiger partial charge in [-0.2, -0.15) is 0 Å². The minimum Gasteiger partial charge on any atom is -0.362 e. The molecule has 80 valence electrons. The first kappa shape index (κ1) is 11.8. The Balaban J connectivity index is 2.18. The summed E-state index contributed by atoms with van der Waals surface area (Å²) in [6.07, 6.45) is 3.48. The number of aryl methyl sites for hydroxylation is 2. The van der Waals surface area contributed by atoms with Crippen LogP contribution in [0, 0.1) is 13.8 Å². The summed E-state index contributed by atoms with van der Waals surface area (Å²) in [5.41, 5.74) is 1.14. The van der Waals surface area contributed by atoms with E-state index in [1.165, 1.54) is 17.7 Å². The van der Waals surface area contributed by atoms with Crippen molar-refractivity contribution in [3.63, 3.8) is 0 Å². The van der Waals surface area contributed by atoms with E-state index in [1.807, 2.05) is 6.92 Å². The molecule has 0 atom stereocenters. The first-order valence-electron chi connectivity index (χ1n) is 4.98. The average molecular weight is 233 g/mol. The van der Waals surface area contributed by atoms with Gasteiger partial charge in [-0.3, -0.25) is 0 Å². The molecule has 1 aromatic heterocycles. The maximum Gasteiger partial charge on any atom is 0.183 e. The first-order chi connectivity index (χ1) is 6.74. The quantitative estimate of drug-likeness (QED) is 0.599. The minimum absolute atomic E-state index is 0.773. The van der Waals surface area contributed by atoms with Crippen molar-refractivity contribution in [2.75, 3.05) is 17.7 Å². The van der Waals surface area contributed by atoms with Crippen molar-refractivity contribution >= 4 is 28.1 Å². The number of alkyl halides is 1. The second-order valence-corrected chi connectivity index (χ2v) is 4.92. The van der Waals surface area contributed by atoms with Crippen LogP contribution in [-0.4, -0.2) is 17.4 Å². The summed E-state index contributed by atoms with van der Waals surface area (Å²) in [5, 5.41) is 4.38. The Kier molecular flexibility index (Phi) is 5.26. The van der Waals surface area contributed by atoms with Gasteiger partial charge < -0.3 is 5.32 Å². The minimum atomic E-state index is 0.773. The second-order valence-electron chi connectivity index (χ2n) is 3.34. The number of anilines is 1. The van der Waals surface area contributed by atoms with Crippen molar-refractivity contribution in [2.45, 2.75) is 33.1 Å². The highest BCUT2D eigenvalue weighted by Crippen LogP contribution is 2.20. The van der Waals surface area contributed by atoms with Crippen molar-refractivity contribution in [3.8, 4) is 0 Å². The third-order valence-electron chi connectivity index (χ3n) is 2.12. The predicted molar refractivity (Wildman–Crippen MR) is 64.6 cm³/mol. The topological polar surface area (TPSA) is 24.9 Å². The fraction of sp³-hybridized carbons (Fsp3) is 0.700. The Morgan fingerprint density at radius 1 is 1.29 bits per heavy atom. The third kappa shape index (κ3) is 3.84. The molecule has 4 heteroatoms. The molecule has 0 saturated heterocycles. The summed E-state index contributed by atoms with van der Waals surface area (Å²) in [6, 6.07) is 0. The maximum atomic E-state index is 5.59. The highest BCUT2D eigenvalue weighted by atomic mass is 35.5. The summed E-state index contributed by atoms with van der Waals surface area (Å²) in [5.74, 6) is 0.773. The zero-order chi connectivity index (χ0) is 10.4. The molecule has 2 nitrogen and oxygen atoms in total. The Hall–Kier alpha value is -0.280. The van der Waals surface area contributed by atoms with Gasteiger partial charge in [-0.25, -0.2) is 4.98 Å². The van der Waals surface area contributed by atoms with Gasteiger partial charge in [0.2, 0.25) is 0 Å². The van der Waals surface area contributed by atoms with Gasteiger partial charge >= 0.3 is 0 Å². The number of unbranched alkanes of at least 4 members (excludes halogenated alkanes) is 2. The first-order valence-corrected chi connectivity index (χ1v) is 6.33. The van der Waals surface area contributed by atoms with Crippen LogP contribution >= 0.6 is 22.9 Å². The van der Waals surface area contributed by atoms with E-state index in [2.05, 4.69) is 17.2 Å². The molecular weight excluding hydrogens is 216 g/mol. The fourth-order valence-corrected chi connectivity index (χ4v) is 2.17. The second kappa shape index (κ2) is 6.25. The summed E-state index contributed by atoms with van der Waals surface area (Å²) in [6.45, 7) is 5.15. The molecule has 0 saturated carbocycles. The number of aromatic nitrogens is 1. The summed E-state index contributed by atoms with van der Waals surface area (Å²) in [4.78, 5) is 5.71. The molecule has 0 aliphatic rings. The molecule has 0 spiro atoms. The molecule has 0 aliphatic heterocycles. The van der Waals surface area contributed by atoms with E-state index < -0.39 is 0 Å². The van der Waals surface area contributed by atoms with Crippen LogP contribution in [0.3, 0.4) is 0 Å². The van der Waals surface area contributed by atoms with E-state index in [0.717, 1.165) is 29.7 Å². The standard InChI is InChI=1S/C10H17ClN2S/c1-8-9(2)14-10(13-8)12-7-5-3-4-6-11/h3-7H2,1-2H3,(H,12,13). The van der Waals surface area contributed by atoms with Gasteiger partial charge in [0.05, 0.1) is 5.69 Å². The lowest BCUT2D eigenvalue weighted by atomic mass is 10.2. The molecule has 1 rings (SSSR count). The van der Waals surface area contributed by atoms with Crippen molar-refractivity contribution < 1.29 is 0 Å². The molecule has 0 aliphatic carbocycles. The van der Waals surface area contributed by atoms with Gasteiger partial charge in [0.1, 0.15) is 0 Å². The molecule has 0 radical (unpaired) electrons. The van der Waals surface area contributed by atoms with Crippen molar-refractivity contribution in [3.05, 3.63) is 10.6 Å². The lowest BCUT2D eigenvalue weighted by Crippen LogP contribution is -2.00. The Morgan fingerprint density at radius 3 is 2.64 bits per heavy atom. The number of hydrogen-bond acceptors (Lipinski definition) is 3. The van der Waals surface area contributed by atoms with Crippen LogP contribution in [0.15, 0.2) is 0 Å². The van der Waals surface area contributed by atoms with Gasteiger partial charge in [-0.05, 0) is 26.7 Å². The molecule has 1 heterocycles. The molecule has 0 fully saturated rings. The van der Waals surface area contributed by atoms with Crippen molar-refractivity contribution in [1.29, 1.82) is 0 Å². The number of halogens is 1. The van der Waals surface area contributed by atoms with Gasteiger partial charge in [0.25, 0.3) is 0 Å². The lowest BCUT2D eigenvalue weighted by Gasteiger charge is -2.00. The van der Waals surface area contributed by atoms with Crippen molar-refractivity contribution in [1.82, 2.24) is 4.98 Å². The largest absolute Gasteiger partial charge is 0.362 e. The van der Waals surface area contributed by atoms with Gasteiger partial charge in [-0.1, -0.05) is 6.42 Å². The lowest BCUT2D eigenvalue weighted by molar-refractivity contribution is 0.747. The van der Waals surface area contributed by atoms with E-state index in [-0.39, 0.29) is 0 Å². The summed E-state index contributed by atoms with van der Waals surface area (Å²) >= 11 is 7.32.